The number of hydrogen-bond donors (Lipinski definition) is 0. The van der Waals surface area contributed by atoms with E-state index in [4.69, 9.17) is 9.47 Å². The molecule has 0 spiro atoms. The summed E-state index contributed by atoms with van der Waals surface area (Å²) in [7, 11) is 3.18. The van der Waals surface area contributed by atoms with Crippen LogP contribution in [0.5, 0.6) is 11.5 Å². The first kappa shape index (κ1) is 17.2. The molecular formula is C18H21NO3S2. The number of hydrogen-bond acceptors (Lipinski definition) is 5. The molecule has 6 heteroatoms. The second-order valence-electron chi connectivity index (χ2n) is 5.52. The Balaban J connectivity index is 1.73. The number of rotatable bonds is 4. The lowest BCUT2D eigenvalue weighted by atomic mass is 10.1. The van der Waals surface area contributed by atoms with Crippen molar-refractivity contribution in [2.45, 2.75) is 11.7 Å². The van der Waals surface area contributed by atoms with Gasteiger partial charge in [-0.15, -0.1) is 11.3 Å². The van der Waals surface area contributed by atoms with Gasteiger partial charge in [-0.25, -0.2) is 0 Å². The van der Waals surface area contributed by atoms with Crippen molar-refractivity contribution < 1.29 is 14.3 Å². The Bertz CT molecular complexity index is 688. The van der Waals surface area contributed by atoms with Crippen LogP contribution in [0, 0.1) is 0 Å². The van der Waals surface area contributed by atoms with Gasteiger partial charge in [0.25, 0.3) is 5.91 Å². The Morgan fingerprint density at radius 2 is 2.08 bits per heavy atom. The van der Waals surface area contributed by atoms with Crippen LogP contribution in [-0.4, -0.2) is 43.9 Å². The van der Waals surface area contributed by atoms with Crippen LogP contribution in [0.1, 0.15) is 26.9 Å². The first-order chi connectivity index (χ1) is 11.7. The topological polar surface area (TPSA) is 38.8 Å². The Labute approximate surface area is 150 Å². The summed E-state index contributed by atoms with van der Waals surface area (Å²) in [4.78, 5) is 16.3. The van der Waals surface area contributed by atoms with Crippen LogP contribution in [-0.2, 0) is 0 Å². The van der Waals surface area contributed by atoms with E-state index in [2.05, 4.69) is 17.5 Å². The smallest absolute Gasteiger partial charge is 0.257 e. The summed E-state index contributed by atoms with van der Waals surface area (Å²) < 4.78 is 10.6. The largest absolute Gasteiger partial charge is 0.497 e. The molecule has 0 N–H and O–H groups in total. The molecule has 1 fully saturated rings. The van der Waals surface area contributed by atoms with Gasteiger partial charge in [-0.2, -0.15) is 11.8 Å². The summed E-state index contributed by atoms with van der Waals surface area (Å²) in [5.74, 6) is 2.23. The first-order valence-corrected chi connectivity index (χ1v) is 9.82. The van der Waals surface area contributed by atoms with Crippen LogP contribution in [0.25, 0.3) is 0 Å². The summed E-state index contributed by atoms with van der Waals surface area (Å²) in [6.45, 7) is 1.53. The summed E-state index contributed by atoms with van der Waals surface area (Å²) in [5.41, 5.74) is 0.595. The molecule has 128 valence electrons. The van der Waals surface area contributed by atoms with E-state index < -0.39 is 0 Å². The quantitative estimate of drug-likeness (QED) is 0.820. The van der Waals surface area contributed by atoms with Crippen LogP contribution in [0.4, 0.5) is 0 Å². The van der Waals surface area contributed by atoms with Gasteiger partial charge in [0.1, 0.15) is 11.5 Å². The van der Waals surface area contributed by atoms with Gasteiger partial charge in [0.05, 0.1) is 19.8 Å². The predicted molar refractivity (Wildman–Crippen MR) is 99.6 cm³/mol. The van der Waals surface area contributed by atoms with Crippen LogP contribution >= 0.6 is 23.1 Å². The number of nitrogens with zero attached hydrogens (tertiary/aromatic N) is 1. The van der Waals surface area contributed by atoms with Gasteiger partial charge >= 0.3 is 0 Å². The number of thioether (sulfide) groups is 1. The lowest BCUT2D eigenvalue weighted by Gasteiger charge is -2.21. The number of ether oxygens (including phenoxy) is 2. The zero-order valence-electron chi connectivity index (χ0n) is 13.9. The summed E-state index contributed by atoms with van der Waals surface area (Å²) >= 11 is 3.74. The highest BCUT2D eigenvalue weighted by atomic mass is 32.2. The molecule has 1 atom stereocenters. The minimum absolute atomic E-state index is 0.0296. The maximum absolute atomic E-state index is 12.9. The number of benzene rings is 1. The minimum atomic E-state index is 0.0296. The van der Waals surface area contributed by atoms with E-state index in [1.807, 2.05) is 16.7 Å². The second-order valence-corrected chi connectivity index (χ2v) is 7.81. The SMILES string of the molecule is COc1ccc(C(=O)N2CCSC(c3cccs3)CC2)c(OC)c1. The number of methoxy groups -OCH3 is 2. The van der Waals surface area contributed by atoms with Crippen molar-refractivity contribution in [3.05, 3.63) is 46.2 Å². The molecule has 24 heavy (non-hydrogen) atoms. The highest BCUT2D eigenvalue weighted by Crippen LogP contribution is 2.37. The van der Waals surface area contributed by atoms with Crippen molar-refractivity contribution in [3.63, 3.8) is 0 Å². The lowest BCUT2D eigenvalue weighted by molar-refractivity contribution is 0.0763. The summed E-state index contributed by atoms with van der Waals surface area (Å²) in [6.07, 6.45) is 0.982. The number of amides is 1. The molecule has 1 amide bonds. The fourth-order valence-electron chi connectivity index (χ4n) is 2.82. The van der Waals surface area contributed by atoms with E-state index in [0.29, 0.717) is 22.3 Å². The van der Waals surface area contributed by atoms with E-state index in [0.717, 1.165) is 25.3 Å². The number of carbonyl (C=O) groups is 1. The van der Waals surface area contributed by atoms with Gasteiger partial charge in [0.2, 0.25) is 0 Å². The fourth-order valence-corrected chi connectivity index (χ4v) is 5.06. The van der Waals surface area contributed by atoms with E-state index >= 15 is 0 Å². The predicted octanol–water partition coefficient (Wildman–Crippen LogP) is 4.09. The first-order valence-electron chi connectivity index (χ1n) is 7.89. The molecule has 1 aliphatic rings. The van der Waals surface area contributed by atoms with Crippen molar-refractivity contribution in [2.75, 3.05) is 33.1 Å². The maximum atomic E-state index is 12.9. The van der Waals surface area contributed by atoms with Gasteiger partial charge in [-0.05, 0) is 30.0 Å². The fraction of sp³-hybridized carbons (Fsp3) is 0.389. The van der Waals surface area contributed by atoms with Crippen LogP contribution in [0.3, 0.4) is 0 Å². The van der Waals surface area contributed by atoms with Gasteiger partial charge in [0, 0.05) is 35.0 Å². The molecule has 2 aromatic rings. The molecule has 0 saturated carbocycles. The highest BCUT2D eigenvalue weighted by molar-refractivity contribution is 7.99. The van der Waals surface area contributed by atoms with Crippen molar-refractivity contribution >= 4 is 29.0 Å². The molecule has 3 rings (SSSR count). The molecule has 0 aliphatic carbocycles. The summed E-state index contributed by atoms with van der Waals surface area (Å²) in [5, 5.41) is 2.60. The van der Waals surface area contributed by atoms with Crippen LogP contribution in [0.2, 0.25) is 0 Å². The molecule has 4 nitrogen and oxygen atoms in total. The number of carbonyl (C=O) groups excluding carboxylic acids is 1. The Hall–Kier alpha value is -1.66. The minimum Gasteiger partial charge on any atom is -0.497 e. The monoisotopic (exact) mass is 363 g/mol. The van der Waals surface area contributed by atoms with Crippen LogP contribution < -0.4 is 9.47 Å². The third-order valence-corrected chi connectivity index (χ3v) is 6.57. The van der Waals surface area contributed by atoms with Crippen molar-refractivity contribution in [2.24, 2.45) is 0 Å². The van der Waals surface area contributed by atoms with Crippen molar-refractivity contribution in [1.82, 2.24) is 4.90 Å². The maximum Gasteiger partial charge on any atom is 0.257 e. The van der Waals surface area contributed by atoms with Crippen molar-refractivity contribution in [3.8, 4) is 11.5 Å². The highest BCUT2D eigenvalue weighted by Gasteiger charge is 2.25. The Morgan fingerprint density at radius 3 is 2.79 bits per heavy atom. The van der Waals surface area contributed by atoms with Crippen LogP contribution in [0.15, 0.2) is 35.7 Å². The molecule has 1 aromatic carbocycles. The molecule has 1 unspecified atom stereocenters. The third kappa shape index (κ3) is 3.70. The Kier molecular flexibility index (Phi) is 5.68. The number of thiophene rings is 1. The average molecular weight is 364 g/mol. The van der Waals surface area contributed by atoms with Gasteiger partial charge in [0.15, 0.2) is 0 Å². The zero-order valence-corrected chi connectivity index (χ0v) is 15.5. The summed E-state index contributed by atoms with van der Waals surface area (Å²) in [6, 6.07) is 9.63. The average Bonchev–Trinajstić information content (AvgIpc) is 3.05. The molecular weight excluding hydrogens is 342 g/mol. The van der Waals surface area contributed by atoms with Gasteiger partial charge < -0.3 is 14.4 Å². The van der Waals surface area contributed by atoms with E-state index in [1.165, 1.54) is 4.88 Å². The molecule has 2 heterocycles. The molecule has 0 radical (unpaired) electrons. The second kappa shape index (κ2) is 7.94. The lowest BCUT2D eigenvalue weighted by Crippen LogP contribution is -2.33. The van der Waals surface area contributed by atoms with Gasteiger partial charge in [-0.1, -0.05) is 6.07 Å². The molecule has 0 bridgehead atoms. The normalized spacial score (nSPS) is 18.1. The molecule has 1 saturated heterocycles. The van der Waals surface area contributed by atoms with E-state index in [1.54, 1.807) is 43.8 Å². The zero-order chi connectivity index (χ0) is 16.9. The Morgan fingerprint density at radius 1 is 1.21 bits per heavy atom. The molecule has 1 aliphatic heterocycles. The van der Waals surface area contributed by atoms with E-state index in [9.17, 15) is 4.79 Å². The standard InChI is InChI=1S/C18H21NO3S2/c1-21-13-5-6-14(15(12-13)22-2)18(20)19-8-7-17(24-11-9-19)16-4-3-10-23-16/h3-6,10,12,17H,7-9,11H2,1-2H3. The van der Waals surface area contributed by atoms with E-state index in [-0.39, 0.29) is 5.91 Å². The third-order valence-electron chi connectivity index (χ3n) is 4.13. The van der Waals surface area contributed by atoms with Crippen molar-refractivity contribution in [1.29, 1.82) is 0 Å². The van der Waals surface area contributed by atoms with Gasteiger partial charge in [-0.3, -0.25) is 4.79 Å². The molecule has 1 aromatic heterocycles.